The van der Waals surface area contributed by atoms with Crippen LogP contribution in [0.15, 0.2) is 150 Å². The summed E-state index contributed by atoms with van der Waals surface area (Å²) in [6.07, 6.45) is 15.6. The van der Waals surface area contributed by atoms with Crippen LogP contribution in [-0.2, 0) is 0 Å². The molecule has 0 fully saturated rings. The van der Waals surface area contributed by atoms with Crippen molar-refractivity contribution in [2.75, 3.05) is 0 Å². The van der Waals surface area contributed by atoms with Crippen LogP contribution in [-0.4, -0.2) is 16.7 Å². The van der Waals surface area contributed by atoms with Crippen molar-refractivity contribution in [2.24, 2.45) is 0 Å². The molecule has 10 heteroatoms. The monoisotopic (exact) mass is 557 g/mol. The van der Waals surface area contributed by atoms with E-state index in [-0.39, 0.29) is 104 Å². The SMILES string of the molecule is O=C(C1=CC=C/C1=C(/O)c1ccco1)c1ccco1.O=C(C1=CC=C/C1=C(/[O-])c1ccco1)c1ccco1.[H-].[H-].[HH].[Na+].[Na+]. The standard InChI is InChI=1S/2C15H10O4.2Na.H2.2H/c2*16-14(12-6-2-8-18-12)10-4-1-5-11(10)15(17)13-7-3-9-19-13;;;;;/h2*1-9,16H;;;1H;;/q;;2*+1;;2*-1/p-1/b2*14-10-;;;;;. The molecule has 4 aromatic heterocycles. The smallest absolute Gasteiger partial charge is 1.00 e. The number of hydrogen-bond acceptors (Lipinski definition) is 8. The van der Waals surface area contributed by atoms with Gasteiger partial charge in [-0.05, 0) is 54.1 Å². The van der Waals surface area contributed by atoms with E-state index in [1.165, 1.54) is 25.1 Å². The van der Waals surface area contributed by atoms with E-state index in [4.69, 9.17) is 17.7 Å². The van der Waals surface area contributed by atoms with Gasteiger partial charge in [0.2, 0.25) is 11.6 Å². The molecule has 0 amide bonds. The minimum atomic E-state index is -0.315. The van der Waals surface area contributed by atoms with Gasteiger partial charge in [0.1, 0.15) is 5.76 Å². The molecule has 4 aromatic rings. The first kappa shape index (κ1) is 31.0. The summed E-state index contributed by atoms with van der Waals surface area (Å²) in [4.78, 5) is 24.4. The molecule has 4 heterocycles. The van der Waals surface area contributed by atoms with Gasteiger partial charge >= 0.3 is 59.1 Å². The third kappa shape index (κ3) is 6.62. The fraction of sp³-hybridized carbons (Fsp3) is 0. The second kappa shape index (κ2) is 14.2. The fourth-order valence-corrected chi connectivity index (χ4v) is 3.81. The molecule has 0 saturated carbocycles. The fourth-order valence-electron chi connectivity index (χ4n) is 3.81. The van der Waals surface area contributed by atoms with Gasteiger partial charge in [-0.25, -0.2) is 0 Å². The molecule has 194 valence electrons. The molecule has 8 nitrogen and oxygen atoms in total. The molecule has 40 heavy (non-hydrogen) atoms. The van der Waals surface area contributed by atoms with Crippen LogP contribution in [0.25, 0.3) is 11.5 Å². The number of furan rings is 4. The van der Waals surface area contributed by atoms with Crippen LogP contribution in [0.4, 0.5) is 0 Å². The van der Waals surface area contributed by atoms with E-state index >= 15 is 0 Å². The Morgan fingerprint density at radius 1 is 0.650 bits per heavy atom. The van der Waals surface area contributed by atoms with Gasteiger partial charge in [0.25, 0.3) is 0 Å². The van der Waals surface area contributed by atoms with Crippen molar-refractivity contribution >= 4 is 23.1 Å². The molecule has 0 aromatic carbocycles. The number of hydrogen-bond donors (Lipinski definition) is 1. The van der Waals surface area contributed by atoms with Crippen LogP contribution in [0.5, 0.6) is 0 Å². The van der Waals surface area contributed by atoms with Gasteiger partial charge in [0.15, 0.2) is 23.0 Å². The van der Waals surface area contributed by atoms with Gasteiger partial charge in [-0.1, -0.05) is 42.2 Å². The minimum absolute atomic E-state index is 0. The Kier molecular flexibility index (Phi) is 11.0. The zero-order chi connectivity index (χ0) is 26.5. The predicted molar refractivity (Wildman–Crippen MR) is 139 cm³/mol. The van der Waals surface area contributed by atoms with Crippen LogP contribution in [0.3, 0.4) is 0 Å². The van der Waals surface area contributed by atoms with Crippen LogP contribution < -0.4 is 64.2 Å². The van der Waals surface area contributed by atoms with Crippen molar-refractivity contribution in [1.29, 1.82) is 0 Å². The Labute approximate surface area is 277 Å². The predicted octanol–water partition coefficient (Wildman–Crippen LogP) is 0.323. The van der Waals surface area contributed by atoms with Crippen molar-refractivity contribution < 1.29 is 101 Å². The summed E-state index contributed by atoms with van der Waals surface area (Å²) in [5.74, 6) is 0.00149. The molecule has 0 saturated heterocycles. The topological polar surface area (TPSA) is 130 Å². The summed E-state index contributed by atoms with van der Waals surface area (Å²) in [6.45, 7) is 0. The number of carbonyl (C=O) groups excluding carboxylic acids is 2. The third-order valence-electron chi connectivity index (χ3n) is 5.61. The summed E-state index contributed by atoms with van der Waals surface area (Å²) in [5.41, 5.74) is 1.44. The van der Waals surface area contributed by atoms with E-state index < -0.39 is 0 Å². The van der Waals surface area contributed by atoms with E-state index in [2.05, 4.69) is 0 Å². The van der Waals surface area contributed by atoms with Crippen LogP contribution in [0.2, 0.25) is 0 Å². The maximum absolute atomic E-state index is 12.2. The van der Waals surface area contributed by atoms with Crippen molar-refractivity contribution in [3.63, 3.8) is 0 Å². The Morgan fingerprint density at radius 3 is 1.50 bits per heavy atom. The first-order chi connectivity index (χ1) is 18.5. The number of allylic oxidation sites excluding steroid dienone is 10. The summed E-state index contributed by atoms with van der Waals surface area (Å²) in [5, 5.41) is 22.3. The zero-order valence-corrected chi connectivity index (χ0v) is 25.7. The number of rotatable bonds is 6. The number of carbonyl (C=O) groups is 2. The molecule has 0 atom stereocenters. The number of aliphatic hydroxyl groups is 1. The van der Waals surface area contributed by atoms with Gasteiger partial charge < -0.3 is 30.7 Å². The van der Waals surface area contributed by atoms with Gasteiger partial charge in [-0.3, -0.25) is 9.59 Å². The normalized spacial score (nSPS) is 15.7. The van der Waals surface area contributed by atoms with Gasteiger partial charge in [-0.15, -0.1) is 0 Å². The van der Waals surface area contributed by atoms with E-state index in [9.17, 15) is 19.8 Å². The van der Waals surface area contributed by atoms with Crippen molar-refractivity contribution in [3.05, 3.63) is 155 Å². The molecule has 6 rings (SSSR count). The Bertz CT molecular complexity index is 1520. The van der Waals surface area contributed by atoms with E-state index in [0.29, 0.717) is 28.1 Å². The Morgan fingerprint density at radius 2 is 1.05 bits per heavy atom. The molecule has 0 aliphatic heterocycles. The maximum Gasteiger partial charge on any atom is 1.00 e. The third-order valence-corrected chi connectivity index (χ3v) is 5.61. The molecule has 0 spiro atoms. The Hall–Kier alpha value is -3.50. The van der Waals surface area contributed by atoms with Crippen molar-refractivity contribution in [2.45, 2.75) is 0 Å². The second-order valence-corrected chi connectivity index (χ2v) is 7.95. The maximum atomic E-state index is 12.2. The summed E-state index contributed by atoms with van der Waals surface area (Å²) >= 11 is 0. The van der Waals surface area contributed by atoms with Crippen LogP contribution >= 0.6 is 0 Å². The molecule has 2 aliphatic carbocycles. The number of ketones is 2. The molecule has 0 bridgehead atoms. The van der Waals surface area contributed by atoms with Gasteiger partial charge in [0.05, 0.1) is 25.1 Å². The summed E-state index contributed by atoms with van der Waals surface area (Å²) in [6, 6.07) is 12.9. The van der Waals surface area contributed by atoms with Crippen LogP contribution in [0.1, 0.15) is 36.9 Å². The number of Topliss-reactive ketones (excluding diaryl/α,β-unsaturated/α-hetero) is 2. The number of aliphatic hydroxyl groups excluding tert-OH is 1. The van der Waals surface area contributed by atoms with E-state index in [1.54, 1.807) is 85.0 Å². The zero-order valence-electron chi connectivity index (χ0n) is 23.7. The Balaban J connectivity index is 0.000000735. The minimum Gasteiger partial charge on any atom is -1.00 e. The largest absolute Gasteiger partial charge is 1.00 e. The summed E-state index contributed by atoms with van der Waals surface area (Å²) < 4.78 is 20.3. The molecule has 0 unspecified atom stereocenters. The van der Waals surface area contributed by atoms with E-state index in [1.807, 2.05) is 0 Å². The molecular weight excluding hydrogens is 534 g/mol. The van der Waals surface area contributed by atoms with Crippen LogP contribution in [0, 0.1) is 0 Å². The van der Waals surface area contributed by atoms with Crippen molar-refractivity contribution in [1.82, 2.24) is 0 Å². The molecule has 2 aliphatic rings. The second-order valence-electron chi connectivity index (χ2n) is 7.95. The van der Waals surface area contributed by atoms with Crippen molar-refractivity contribution in [3.8, 4) is 0 Å². The first-order valence-electron chi connectivity index (χ1n) is 11.4. The molecular formula is C30H23Na2O8-. The summed E-state index contributed by atoms with van der Waals surface area (Å²) in [7, 11) is 0. The first-order valence-corrected chi connectivity index (χ1v) is 11.4. The van der Waals surface area contributed by atoms with Gasteiger partial charge in [-0.2, -0.15) is 0 Å². The average Bonchev–Trinajstić information content (AvgIpc) is 3.77. The molecule has 1 N–H and O–H groups in total. The van der Waals surface area contributed by atoms with Gasteiger partial charge in [0, 0.05) is 18.1 Å². The average molecular weight is 557 g/mol. The quantitative estimate of drug-likeness (QED) is 0.204. The molecule has 0 radical (unpaired) electrons. The van der Waals surface area contributed by atoms with E-state index in [0.717, 1.165) is 0 Å².